The van der Waals surface area contributed by atoms with Gasteiger partial charge in [0.05, 0.1) is 13.2 Å². The molecule has 2 aromatic heterocycles. The number of morpholine rings is 1. The number of benzene rings is 1. The Morgan fingerprint density at radius 2 is 2.06 bits per heavy atom. The molecule has 8 nitrogen and oxygen atoms in total. The van der Waals surface area contributed by atoms with Crippen LogP contribution in [0.15, 0.2) is 52.2 Å². The van der Waals surface area contributed by atoms with Gasteiger partial charge in [-0.15, -0.1) is 10.2 Å². The van der Waals surface area contributed by atoms with Crippen LogP contribution in [0, 0.1) is 5.82 Å². The first-order valence-electron chi connectivity index (χ1n) is 9.93. The van der Waals surface area contributed by atoms with E-state index in [1.165, 1.54) is 23.9 Å². The number of carbonyl (C=O) groups excluding carboxylic acids is 1. The van der Waals surface area contributed by atoms with Crippen molar-refractivity contribution in [1.29, 1.82) is 0 Å². The van der Waals surface area contributed by atoms with Crippen LogP contribution in [0.1, 0.15) is 12.0 Å². The van der Waals surface area contributed by atoms with E-state index >= 15 is 0 Å². The van der Waals surface area contributed by atoms with Crippen molar-refractivity contribution < 1.29 is 18.3 Å². The summed E-state index contributed by atoms with van der Waals surface area (Å²) in [4.78, 5) is 18.7. The predicted molar refractivity (Wildman–Crippen MR) is 114 cm³/mol. The molecule has 1 aliphatic rings. The van der Waals surface area contributed by atoms with Gasteiger partial charge in [-0.05, 0) is 29.8 Å². The molecule has 0 bridgehead atoms. The monoisotopic (exact) mass is 443 g/mol. The topological polar surface area (TPSA) is 93.4 Å². The van der Waals surface area contributed by atoms with E-state index in [1.807, 2.05) is 6.07 Å². The van der Waals surface area contributed by atoms with Gasteiger partial charge in [0.2, 0.25) is 11.8 Å². The first-order valence-corrected chi connectivity index (χ1v) is 10.9. The molecule has 0 radical (unpaired) electrons. The molecular formula is C21H22FN5O3S. The van der Waals surface area contributed by atoms with Gasteiger partial charge in [-0.1, -0.05) is 23.9 Å². The minimum Gasteiger partial charge on any atom is -0.411 e. The van der Waals surface area contributed by atoms with Gasteiger partial charge in [0.15, 0.2) is 0 Å². The van der Waals surface area contributed by atoms with E-state index in [-0.39, 0.29) is 11.7 Å². The van der Waals surface area contributed by atoms with Crippen molar-refractivity contribution >= 4 is 23.5 Å². The second kappa shape index (κ2) is 10.5. The highest BCUT2D eigenvalue weighted by atomic mass is 32.2. The Bertz CT molecular complexity index is 1030. The van der Waals surface area contributed by atoms with Gasteiger partial charge in [0.1, 0.15) is 11.6 Å². The number of ether oxygens (including phenoxy) is 1. The summed E-state index contributed by atoms with van der Waals surface area (Å²) in [6, 6.07) is 9.81. The van der Waals surface area contributed by atoms with Crippen LogP contribution in [0.4, 0.5) is 10.2 Å². The van der Waals surface area contributed by atoms with Crippen molar-refractivity contribution in [3.8, 4) is 11.5 Å². The molecule has 0 atom stereocenters. The molecule has 3 heterocycles. The molecule has 162 valence electrons. The molecule has 1 aromatic carbocycles. The Balaban J connectivity index is 1.32. The molecule has 1 amide bonds. The van der Waals surface area contributed by atoms with E-state index in [9.17, 15) is 9.18 Å². The highest BCUT2D eigenvalue weighted by molar-refractivity contribution is 7.98. The number of aromatic nitrogens is 3. The number of anilines is 1. The zero-order valence-electron chi connectivity index (χ0n) is 16.8. The fourth-order valence-electron chi connectivity index (χ4n) is 3.08. The van der Waals surface area contributed by atoms with E-state index < -0.39 is 0 Å². The van der Waals surface area contributed by atoms with Crippen LogP contribution in [0.25, 0.3) is 11.5 Å². The molecule has 0 unspecified atom stereocenters. The predicted octanol–water partition coefficient (Wildman–Crippen LogP) is 3.22. The average Bonchev–Trinajstić information content (AvgIpc) is 3.27. The molecule has 0 saturated carbocycles. The van der Waals surface area contributed by atoms with Crippen molar-refractivity contribution in [3.63, 3.8) is 0 Å². The fraction of sp³-hybridized carbons (Fsp3) is 0.333. The molecule has 1 saturated heterocycles. The number of carbonyl (C=O) groups is 1. The van der Waals surface area contributed by atoms with Crippen molar-refractivity contribution in [2.75, 3.05) is 38.2 Å². The quantitative estimate of drug-likeness (QED) is 0.531. The number of thioether (sulfide) groups is 1. The van der Waals surface area contributed by atoms with Crippen LogP contribution in [0.2, 0.25) is 0 Å². The summed E-state index contributed by atoms with van der Waals surface area (Å²) in [6.07, 6.45) is 1.96. The maximum atomic E-state index is 13.3. The minimum atomic E-state index is -0.277. The van der Waals surface area contributed by atoms with Gasteiger partial charge in [-0.3, -0.25) is 9.69 Å². The van der Waals surface area contributed by atoms with Gasteiger partial charge in [-0.25, -0.2) is 9.37 Å². The van der Waals surface area contributed by atoms with Crippen molar-refractivity contribution in [1.82, 2.24) is 20.1 Å². The molecule has 10 heteroatoms. The molecule has 1 fully saturated rings. The number of hydrogen-bond acceptors (Lipinski definition) is 8. The average molecular weight is 444 g/mol. The van der Waals surface area contributed by atoms with Crippen LogP contribution in [-0.2, 0) is 15.3 Å². The van der Waals surface area contributed by atoms with E-state index in [0.29, 0.717) is 54.4 Å². The summed E-state index contributed by atoms with van der Waals surface area (Å²) in [6.45, 7) is 3.79. The molecule has 1 N–H and O–H groups in total. The zero-order chi connectivity index (χ0) is 21.5. The molecule has 0 aliphatic carbocycles. The lowest BCUT2D eigenvalue weighted by atomic mass is 10.2. The lowest BCUT2D eigenvalue weighted by Crippen LogP contribution is -2.38. The largest absolute Gasteiger partial charge is 0.411 e. The Morgan fingerprint density at radius 1 is 1.19 bits per heavy atom. The maximum absolute atomic E-state index is 13.3. The van der Waals surface area contributed by atoms with Gasteiger partial charge < -0.3 is 14.5 Å². The van der Waals surface area contributed by atoms with Crippen molar-refractivity contribution in [3.05, 3.63) is 54.0 Å². The van der Waals surface area contributed by atoms with Crippen LogP contribution in [0.3, 0.4) is 0 Å². The summed E-state index contributed by atoms with van der Waals surface area (Å²) >= 11 is 1.33. The molecule has 0 spiro atoms. The Hall–Kier alpha value is -2.82. The lowest BCUT2D eigenvalue weighted by Gasteiger charge is -2.26. The summed E-state index contributed by atoms with van der Waals surface area (Å²) in [5, 5.41) is 11.3. The lowest BCUT2D eigenvalue weighted by molar-refractivity contribution is -0.116. The number of rotatable bonds is 8. The fourth-order valence-corrected chi connectivity index (χ4v) is 3.78. The minimum absolute atomic E-state index is 0.104. The number of amides is 1. The number of pyridine rings is 1. The third-order valence-corrected chi connectivity index (χ3v) is 5.58. The zero-order valence-corrected chi connectivity index (χ0v) is 17.6. The SMILES string of the molecule is O=C(CCN1CCOCC1)Nc1cc(-c2nnc(SCc3cccc(F)c3)o2)ccn1. The van der Waals surface area contributed by atoms with Crippen LogP contribution < -0.4 is 5.32 Å². The van der Waals surface area contributed by atoms with Crippen molar-refractivity contribution in [2.24, 2.45) is 0 Å². The van der Waals surface area contributed by atoms with E-state index in [2.05, 4.69) is 25.4 Å². The van der Waals surface area contributed by atoms with E-state index in [4.69, 9.17) is 9.15 Å². The number of nitrogens with one attached hydrogen (secondary N) is 1. The first kappa shape index (κ1) is 21.4. The van der Waals surface area contributed by atoms with E-state index in [0.717, 1.165) is 18.7 Å². The Labute approximate surface area is 183 Å². The van der Waals surface area contributed by atoms with Gasteiger partial charge in [0, 0.05) is 43.6 Å². The molecule has 4 rings (SSSR count). The standard InChI is InChI=1S/C21H22FN5O3S/c22-17-3-1-2-15(12-17)14-31-21-26-25-20(30-21)16-4-6-23-18(13-16)24-19(28)5-7-27-8-10-29-11-9-27/h1-4,6,12-13H,5,7-11,14H2,(H,23,24,28). The van der Waals surface area contributed by atoms with Crippen molar-refractivity contribution in [2.45, 2.75) is 17.4 Å². The highest BCUT2D eigenvalue weighted by Gasteiger charge is 2.14. The smallest absolute Gasteiger partial charge is 0.277 e. The van der Waals surface area contributed by atoms with Gasteiger partial charge in [-0.2, -0.15) is 0 Å². The first-order chi connectivity index (χ1) is 15.2. The Morgan fingerprint density at radius 3 is 2.90 bits per heavy atom. The third-order valence-electron chi connectivity index (χ3n) is 4.69. The summed E-state index contributed by atoms with van der Waals surface area (Å²) in [5.41, 5.74) is 1.49. The molecule has 3 aromatic rings. The molecule has 31 heavy (non-hydrogen) atoms. The number of hydrogen-bond donors (Lipinski definition) is 1. The summed E-state index contributed by atoms with van der Waals surface area (Å²) in [7, 11) is 0. The van der Waals surface area contributed by atoms with Crippen LogP contribution in [-0.4, -0.2) is 58.8 Å². The second-order valence-electron chi connectivity index (χ2n) is 6.97. The molecular weight excluding hydrogens is 421 g/mol. The maximum Gasteiger partial charge on any atom is 0.277 e. The van der Waals surface area contributed by atoms with Crippen LogP contribution in [0.5, 0.6) is 0 Å². The van der Waals surface area contributed by atoms with Crippen LogP contribution >= 0.6 is 11.8 Å². The van der Waals surface area contributed by atoms with Gasteiger partial charge >= 0.3 is 0 Å². The normalized spacial score (nSPS) is 14.5. The summed E-state index contributed by atoms with van der Waals surface area (Å²) < 4.78 is 24.3. The summed E-state index contributed by atoms with van der Waals surface area (Å²) in [5.74, 6) is 0.887. The third kappa shape index (κ3) is 6.33. The Kier molecular flexibility index (Phi) is 7.23. The number of halogens is 1. The highest BCUT2D eigenvalue weighted by Crippen LogP contribution is 2.26. The number of nitrogens with zero attached hydrogens (tertiary/aromatic N) is 4. The molecule has 1 aliphatic heterocycles. The van der Waals surface area contributed by atoms with E-state index in [1.54, 1.807) is 24.4 Å². The van der Waals surface area contributed by atoms with Gasteiger partial charge in [0.25, 0.3) is 5.22 Å². The second-order valence-corrected chi connectivity index (χ2v) is 7.90.